The molecule has 0 aromatic rings. The van der Waals surface area contributed by atoms with Crippen molar-refractivity contribution in [1.82, 2.24) is 10.6 Å². The van der Waals surface area contributed by atoms with Gasteiger partial charge in [-0.2, -0.15) is 0 Å². The summed E-state index contributed by atoms with van der Waals surface area (Å²) in [7, 11) is 0. The molecule has 3 aliphatic carbocycles. The predicted molar refractivity (Wildman–Crippen MR) is 168 cm³/mol. The molecule has 0 aromatic heterocycles. The molecule has 0 amide bonds. The highest BCUT2D eigenvalue weighted by molar-refractivity contribution is 8.00. The van der Waals surface area contributed by atoms with Gasteiger partial charge in [0.2, 0.25) is 0 Å². The van der Waals surface area contributed by atoms with Gasteiger partial charge in [-0.25, -0.2) is 0 Å². The molecule has 236 valence electrons. The van der Waals surface area contributed by atoms with Gasteiger partial charge in [-0.05, 0) is 101 Å². The van der Waals surface area contributed by atoms with Crippen molar-refractivity contribution in [3.63, 3.8) is 0 Å². The standard InChI is InChI=1S/C33H59N3O4S/c1-23-11-14-33-15-12-26(37)29(33)32(23,4)27(40-28(38)21-41-25-10-9-18-35-19-13-25)20-31(3,30(39)24(33)2)22-36-17-8-6-5-7-16-34/h23-25,27,29-30,35-36,39H,5-22,34H2,1-4H3/t23-,24+,25?,27-,29?,30+,31-,32+,33+/m1/s1. The highest BCUT2D eigenvalue weighted by Crippen LogP contribution is 2.67. The number of carbonyl (C=O) groups is 2. The van der Waals surface area contributed by atoms with Crippen LogP contribution in [0.4, 0.5) is 0 Å². The van der Waals surface area contributed by atoms with Crippen LogP contribution < -0.4 is 16.4 Å². The third-order valence-corrected chi connectivity index (χ3v) is 13.3. The lowest BCUT2D eigenvalue weighted by molar-refractivity contribution is -0.210. The number of nitrogens with two attached hydrogens (primary N) is 1. The van der Waals surface area contributed by atoms with Gasteiger partial charge in [0, 0.05) is 35.0 Å². The maximum absolute atomic E-state index is 13.7. The zero-order valence-electron chi connectivity index (χ0n) is 26.3. The normalized spacial score (nSPS) is 41.3. The second-order valence-electron chi connectivity index (χ2n) is 14.5. The Labute approximate surface area is 253 Å². The zero-order chi connectivity index (χ0) is 29.7. The molecule has 1 saturated heterocycles. The quantitative estimate of drug-likeness (QED) is 0.190. The molecule has 9 atom stereocenters. The molecule has 0 spiro atoms. The predicted octanol–water partition coefficient (Wildman–Crippen LogP) is 4.69. The molecular weight excluding hydrogens is 534 g/mol. The topological polar surface area (TPSA) is 114 Å². The molecule has 4 aliphatic rings. The number of aliphatic hydroxyl groups excluding tert-OH is 1. The van der Waals surface area contributed by atoms with Crippen molar-refractivity contribution in [3.8, 4) is 0 Å². The van der Waals surface area contributed by atoms with E-state index in [-0.39, 0.29) is 29.1 Å². The fraction of sp³-hybridized carbons (Fsp3) is 0.939. The number of hydrogen-bond acceptors (Lipinski definition) is 8. The molecule has 1 heterocycles. The number of carbonyl (C=O) groups excluding carboxylic acids is 2. The molecule has 4 fully saturated rings. The molecule has 8 heteroatoms. The van der Waals surface area contributed by atoms with Crippen molar-refractivity contribution in [2.45, 2.75) is 122 Å². The van der Waals surface area contributed by atoms with Gasteiger partial charge in [-0.3, -0.25) is 9.59 Å². The minimum atomic E-state index is -0.576. The number of thioether (sulfide) groups is 1. The maximum Gasteiger partial charge on any atom is 0.316 e. The summed E-state index contributed by atoms with van der Waals surface area (Å²) >= 11 is 1.73. The van der Waals surface area contributed by atoms with E-state index in [9.17, 15) is 14.7 Å². The summed E-state index contributed by atoms with van der Waals surface area (Å²) in [5.41, 5.74) is 4.52. The molecule has 0 aromatic carbocycles. The third kappa shape index (κ3) is 7.02. The first-order chi connectivity index (χ1) is 19.6. The number of ether oxygens (including phenoxy) is 1. The number of hydrogen-bond donors (Lipinski definition) is 4. The second kappa shape index (κ2) is 14.4. The summed E-state index contributed by atoms with van der Waals surface area (Å²) in [5, 5.41) is 19.7. The van der Waals surface area contributed by atoms with Crippen LogP contribution in [0.15, 0.2) is 0 Å². The smallest absolute Gasteiger partial charge is 0.316 e. The van der Waals surface area contributed by atoms with E-state index in [1.807, 2.05) is 0 Å². The van der Waals surface area contributed by atoms with E-state index in [0.29, 0.717) is 36.2 Å². The molecule has 0 radical (unpaired) electrons. The molecule has 2 unspecified atom stereocenters. The van der Waals surface area contributed by atoms with Crippen LogP contribution >= 0.6 is 11.8 Å². The maximum atomic E-state index is 13.7. The largest absolute Gasteiger partial charge is 0.461 e. The molecule has 1 aliphatic heterocycles. The number of nitrogens with one attached hydrogen (secondary N) is 2. The van der Waals surface area contributed by atoms with E-state index in [1.165, 1.54) is 0 Å². The van der Waals surface area contributed by atoms with Gasteiger partial charge >= 0.3 is 5.97 Å². The van der Waals surface area contributed by atoms with E-state index in [4.69, 9.17) is 10.5 Å². The highest BCUT2D eigenvalue weighted by atomic mass is 32.2. The Balaban J connectivity index is 1.56. The fourth-order valence-corrected chi connectivity index (χ4v) is 10.2. The molecule has 3 saturated carbocycles. The summed E-state index contributed by atoms with van der Waals surface area (Å²) in [4.78, 5) is 27.2. The Kier molecular flexibility index (Phi) is 11.7. The Morgan fingerprint density at radius 3 is 2.68 bits per heavy atom. The van der Waals surface area contributed by atoms with Crippen LogP contribution in [0.25, 0.3) is 0 Å². The van der Waals surface area contributed by atoms with Crippen LogP contribution in [0, 0.1) is 34.0 Å². The van der Waals surface area contributed by atoms with Crippen molar-refractivity contribution in [3.05, 3.63) is 0 Å². The fourth-order valence-electron chi connectivity index (χ4n) is 9.18. The van der Waals surface area contributed by atoms with Crippen LogP contribution in [0.2, 0.25) is 0 Å². The summed E-state index contributed by atoms with van der Waals surface area (Å²) in [5.74, 6) is 0.624. The minimum absolute atomic E-state index is 0.0122. The monoisotopic (exact) mass is 593 g/mol. The van der Waals surface area contributed by atoms with E-state index in [0.717, 1.165) is 90.4 Å². The zero-order valence-corrected chi connectivity index (χ0v) is 27.2. The summed E-state index contributed by atoms with van der Waals surface area (Å²) in [6, 6.07) is 0. The van der Waals surface area contributed by atoms with E-state index >= 15 is 0 Å². The van der Waals surface area contributed by atoms with Gasteiger partial charge in [0.1, 0.15) is 11.9 Å². The molecule has 7 nitrogen and oxygen atoms in total. The van der Waals surface area contributed by atoms with E-state index in [1.54, 1.807) is 11.8 Å². The number of aliphatic hydroxyl groups is 1. The molecule has 41 heavy (non-hydrogen) atoms. The van der Waals surface area contributed by atoms with Crippen molar-refractivity contribution >= 4 is 23.5 Å². The highest BCUT2D eigenvalue weighted by Gasteiger charge is 2.68. The van der Waals surface area contributed by atoms with Crippen molar-refractivity contribution in [2.75, 3.05) is 38.5 Å². The second-order valence-corrected chi connectivity index (χ2v) is 15.8. The van der Waals surface area contributed by atoms with E-state index < -0.39 is 23.0 Å². The van der Waals surface area contributed by atoms with Crippen LogP contribution in [0.5, 0.6) is 0 Å². The number of rotatable bonds is 12. The van der Waals surface area contributed by atoms with Gasteiger partial charge < -0.3 is 26.2 Å². The van der Waals surface area contributed by atoms with Crippen LogP contribution in [0.3, 0.4) is 0 Å². The van der Waals surface area contributed by atoms with Gasteiger partial charge in [0.25, 0.3) is 0 Å². The average Bonchev–Trinajstić information content (AvgIpc) is 3.11. The first-order valence-corrected chi connectivity index (χ1v) is 17.8. The Hall–Kier alpha value is -0.670. The summed E-state index contributed by atoms with van der Waals surface area (Å²) in [6.07, 6.45) is 10.8. The first kappa shape index (κ1) is 33.2. The van der Waals surface area contributed by atoms with Gasteiger partial charge in [-0.1, -0.05) is 40.5 Å². The van der Waals surface area contributed by atoms with Crippen molar-refractivity contribution in [2.24, 2.45) is 39.7 Å². The molecule has 4 rings (SSSR count). The van der Waals surface area contributed by atoms with Gasteiger partial charge in [0.05, 0.1) is 11.9 Å². The summed E-state index contributed by atoms with van der Waals surface area (Å²) < 4.78 is 6.53. The average molecular weight is 594 g/mol. The lowest BCUT2D eigenvalue weighted by Gasteiger charge is -2.62. The molecule has 5 N–H and O–H groups in total. The van der Waals surface area contributed by atoms with Crippen LogP contribution in [0.1, 0.15) is 105 Å². The Morgan fingerprint density at radius 2 is 1.90 bits per heavy atom. The van der Waals surface area contributed by atoms with E-state index in [2.05, 4.69) is 38.3 Å². The number of ketones is 1. The number of unbranched alkanes of at least 4 members (excludes halogenated alkanes) is 3. The lowest BCUT2D eigenvalue weighted by Crippen LogP contribution is -2.64. The Bertz CT molecular complexity index is 883. The van der Waals surface area contributed by atoms with Crippen molar-refractivity contribution < 1.29 is 19.4 Å². The van der Waals surface area contributed by atoms with Crippen LogP contribution in [-0.2, 0) is 14.3 Å². The number of Topliss-reactive ketones (excluding diaryl/α,β-unsaturated/α-hetero) is 1. The van der Waals surface area contributed by atoms with Gasteiger partial charge in [-0.15, -0.1) is 11.8 Å². The minimum Gasteiger partial charge on any atom is -0.461 e. The van der Waals surface area contributed by atoms with Gasteiger partial charge in [0.15, 0.2) is 0 Å². The number of esters is 1. The third-order valence-electron chi connectivity index (χ3n) is 12.0. The first-order valence-electron chi connectivity index (χ1n) is 16.7. The SMILES string of the molecule is C[C@@H]1CC[C@@]23CCC(=O)C2[C@]1(C)[C@H](OC(=O)CSC1CCCNCC1)C[C@](C)(CNCCCCCCN)[C@@H](O)[C@@H]3C. The van der Waals surface area contributed by atoms with Crippen LogP contribution in [-0.4, -0.2) is 72.8 Å². The summed E-state index contributed by atoms with van der Waals surface area (Å²) in [6.45, 7) is 13.3. The molecule has 2 bridgehead atoms. The molecular formula is C33H59N3O4S. The Morgan fingerprint density at radius 1 is 1.12 bits per heavy atom. The lowest BCUT2D eigenvalue weighted by atomic mass is 9.44. The van der Waals surface area contributed by atoms with Crippen molar-refractivity contribution in [1.29, 1.82) is 0 Å².